The van der Waals surface area contributed by atoms with Crippen molar-refractivity contribution in [2.45, 2.75) is 43.2 Å². The lowest BCUT2D eigenvalue weighted by atomic mass is 9.99. The molecule has 1 aromatic carbocycles. The van der Waals surface area contributed by atoms with E-state index in [1.807, 2.05) is 6.20 Å². The molecular weight excluding hydrogens is 266 g/mol. The second kappa shape index (κ2) is 6.02. The fourth-order valence-corrected chi connectivity index (χ4v) is 3.19. The molecule has 2 atom stereocenters. The molecule has 0 radical (unpaired) electrons. The number of hydrogen-bond donors (Lipinski definition) is 2. The first-order chi connectivity index (χ1) is 9.76. The number of piperidine rings is 1. The van der Waals surface area contributed by atoms with Crippen molar-refractivity contribution in [3.63, 3.8) is 0 Å². The summed E-state index contributed by atoms with van der Waals surface area (Å²) in [4.78, 5) is 9.34. The Morgan fingerprint density at radius 1 is 1.20 bits per heavy atom. The van der Waals surface area contributed by atoms with Gasteiger partial charge in [0, 0.05) is 10.9 Å². The fourth-order valence-electron chi connectivity index (χ4n) is 2.78. The Labute approximate surface area is 124 Å². The van der Waals surface area contributed by atoms with Crippen LogP contribution in [-0.4, -0.2) is 22.3 Å². The average Bonchev–Trinajstić information content (AvgIpc) is 2.97. The molecular formula is C16H21N3S. The maximum atomic E-state index is 4.57. The summed E-state index contributed by atoms with van der Waals surface area (Å²) in [5, 5.41) is 3.62. The van der Waals surface area contributed by atoms with E-state index in [-0.39, 0.29) is 0 Å². The molecule has 0 bridgehead atoms. The summed E-state index contributed by atoms with van der Waals surface area (Å²) in [7, 11) is 0. The molecule has 3 nitrogen and oxygen atoms in total. The summed E-state index contributed by atoms with van der Waals surface area (Å²) in [6, 6.07) is 9.57. The summed E-state index contributed by atoms with van der Waals surface area (Å²) >= 11 is 1.77. The average molecular weight is 287 g/mol. The minimum absolute atomic E-state index is 0.373. The van der Waals surface area contributed by atoms with Crippen molar-refractivity contribution in [2.75, 3.05) is 6.26 Å². The van der Waals surface area contributed by atoms with E-state index in [1.165, 1.54) is 29.7 Å². The van der Waals surface area contributed by atoms with Crippen LogP contribution in [0.1, 0.15) is 38.1 Å². The van der Waals surface area contributed by atoms with E-state index in [2.05, 4.69) is 52.7 Å². The third-order valence-corrected chi connectivity index (χ3v) is 4.69. The molecule has 0 saturated carbocycles. The van der Waals surface area contributed by atoms with Crippen LogP contribution in [0.2, 0.25) is 0 Å². The smallest absolute Gasteiger partial charge is 0.123 e. The number of nitrogens with one attached hydrogen (secondary N) is 2. The Morgan fingerprint density at radius 3 is 2.70 bits per heavy atom. The molecule has 1 aliphatic heterocycles. The van der Waals surface area contributed by atoms with Crippen molar-refractivity contribution in [1.82, 2.24) is 15.3 Å². The number of rotatable bonds is 3. The second-order valence-corrected chi connectivity index (χ2v) is 6.34. The number of imidazole rings is 1. The molecule has 2 aromatic rings. The molecule has 1 aliphatic rings. The Morgan fingerprint density at radius 2 is 2.00 bits per heavy atom. The van der Waals surface area contributed by atoms with Crippen LogP contribution in [-0.2, 0) is 0 Å². The maximum Gasteiger partial charge on any atom is 0.123 e. The summed E-state index contributed by atoms with van der Waals surface area (Å²) in [6.07, 6.45) is 7.75. The van der Waals surface area contributed by atoms with Crippen LogP contribution in [0.25, 0.3) is 11.3 Å². The molecule has 4 heteroatoms. The summed E-state index contributed by atoms with van der Waals surface area (Å²) in [5.41, 5.74) is 2.30. The van der Waals surface area contributed by atoms with Crippen LogP contribution in [0, 0.1) is 0 Å². The molecule has 0 amide bonds. The first kappa shape index (κ1) is 13.7. The third-order valence-electron chi connectivity index (χ3n) is 3.94. The van der Waals surface area contributed by atoms with Gasteiger partial charge in [-0.3, -0.25) is 0 Å². The monoisotopic (exact) mass is 287 g/mol. The molecule has 0 aliphatic carbocycles. The normalized spacial score (nSPS) is 22.9. The molecule has 2 unspecified atom stereocenters. The number of nitrogens with zero attached hydrogens (tertiary/aromatic N) is 1. The molecule has 3 rings (SSSR count). The van der Waals surface area contributed by atoms with Gasteiger partial charge in [-0.15, -0.1) is 11.8 Å². The van der Waals surface area contributed by atoms with Gasteiger partial charge in [0.05, 0.1) is 17.9 Å². The molecule has 2 heterocycles. The van der Waals surface area contributed by atoms with Crippen molar-refractivity contribution in [1.29, 1.82) is 0 Å². The lowest BCUT2D eigenvalue weighted by Crippen LogP contribution is -2.35. The first-order valence-electron chi connectivity index (χ1n) is 7.21. The van der Waals surface area contributed by atoms with E-state index >= 15 is 0 Å². The van der Waals surface area contributed by atoms with Gasteiger partial charge in [0.25, 0.3) is 0 Å². The topological polar surface area (TPSA) is 40.7 Å². The van der Waals surface area contributed by atoms with Gasteiger partial charge in [-0.05, 0) is 50.1 Å². The van der Waals surface area contributed by atoms with Crippen LogP contribution in [0.3, 0.4) is 0 Å². The predicted molar refractivity (Wildman–Crippen MR) is 85.0 cm³/mol. The predicted octanol–water partition coefficient (Wildman–Crippen LogP) is 4.00. The van der Waals surface area contributed by atoms with Gasteiger partial charge >= 0.3 is 0 Å². The maximum absolute atomic E-state index is 4.57. The number of hydrogen-bond acceptors (Lipinski definition) is 3. The second-order valence-electron chi connectivity index (χ2n) is 5.46. The zero-order valence-electron chi connectivity index (χ0n) is 12.0. The van der Waals surface area contributed by atoms with Crippen molar-refractivity contribution < 1.29 is 0 Å². The number of benzene rings is 1. The number of aromatic amines is 1. The molecule has 0 spiro atoms. The Balaban J connectivity index is 1.78. The van der Waals surface area contributed by atoms with Gasteiger partial charge in [-0.2, -0.15) is 0 Å². The van der Waals surface area contributed by atoms with Gasteiger partial charge < -0.3 is 10.3 Å². The van der Waals surface area contributed by atoms with Crippen LogP contribution in [0.15, 0.2) is 35.4 Å². The number of H-pyrrole nitrogens is 1. The minimum Gasteiger partial charge on any atom is -0.341 e. The Kier molecular flexibility index (Phi) is 4.13. The molecule has 1 fully saturated rings. The highest BCUT2D eigenvalue weighted by Gasteiger charge is 2.21. The highest BCUT2D eigenvalue weighted by atomic mass is 32.2. The van der Waals surface area contributed by atoms with Crippen molar-refractivity contribution >= 4 is 11.8 Å². The number of aromatic nitrogens is 2. The highest BCUT2D eigenvalue weighted by molar-refractivity contribution is 7.98. The summed E-state index contributed by atoms with van der Waals surface area (Å²) in [6.45, 7) is 2.25. The van der Waals surface area contributed by atoms with E-state index in [4.69, 9.17) is 0 Å². The minimum atomic E-state index is 0.373. The fraction of sp³-hybridized carbons (Fsp3) is 0.438. The van der Waals surface area contributed by atoms with Crippen molar-refractivity contribution in [3.05, 3.63) is 36.3 Å². The van der Waals surface area contributed by atoms with Gasteiger partial charge in [0.2, 0.25) is 0 Å². The van der Waals surface area contributed by atoms with Crippen molar-refractivity contribution in [2.24, 2.45) is 0 Å². The van der Waals surface area contributed by atoms with Gasteiger partial charge in [0.15, 0.2) is 0 Å². The van der Waals surface area contributed by atoms with E-state index < -0.39 is 0 Å². The Bertz CT molecular complexity index is 561. The lowest BCUT2D eigenvalue weighted by molar-refractivity contribution is 0.332. The quantitative estimate of drug-likeness (QED) is 0.838. The zero-order chi connectivity index (χ0) is 13.9. The summed E-state index contributed by atoms with van der Waals surface area (Å²) < 4.78 is 0. The van der Waals surface area contributed by atoms with E-state index in [0.29, 0.717) is 12.1 Å². The van der Waals surface area contributed by atoms with E-state index in [1.54, 1.807) is 11.8 Å². The molecule has 20 heavy (non-hydrogen) atoms. The highest BCUT2D eigenvalue weighted by Crippen LogP contribution is 2.26. The van der Waals surface area contributed by atoms with Gasteiger partial charge in [-0.25, -0.2) is 4.98 Å². The SMILES string of the molecule is CSc1ccc(-c2cnc(C3CCCC(C)N3)[nH]2)cc1. The molecule has 2 N–H and O–H groups in total. The van der Waals surface area contributed by atoms with Crippen LogP contribution >= 0.6 is 11.8 Å². The standard InChI is InChI=1S/C16H21N3S/c1-11-4-3-5-14(18-11)16-17-10-15(19-16)12-6-8-13(20-2)9-7-12/h6-11,14,18H,3-5H2,1-2H3,(H,17,19). The zero-order valence-corrected chi connectivity index (χ0v) is 12.8. The van der Waals surface area contributed by atoms with Gasteiger partial charge in [-0.1, -0.05) is 12.1 Å². The van der Waals surface area contributed by atoms with E-state index in [0.717, 1.165) is 11.5 Å². The van der Waals surface area contributed by atoms with Crippen molar-refractivity contribution in [3.8, 4) is 11.3 Å². The van der Waals surface area contributed by atoms with Crippen LogP contribution in [0.4, 0.5) is 0 Å². The third kappa shape index (κ3) is 2.91. The van der Waals surface area contributed by atoms with Crippen LogP contribution in [0.5, 0.6) is 0 Å². The largest absolute Gasteiger partial charge is 0.341 e. The molecule has 106 valence electrons. The molecule has 1 aromatic heterocycles. The lowest BCUT2D eigenvalue weighted by Gasteiger charge is -2.27. The number of thioether (sulfide) groups is 1. The first-order valence-corrected chi connectivity index (χ1v) is 8.44. The van der Waals surface area contributed by atoms with E-state index in [9.17, 15) is 0 Å². The van der Waals surface area contributed by atoms with Gasteiger partial charge in [0.1, 0.15) is 5.82 Å². The summed E-state index contributed by atoms with van der Waals surface area (Å²) in [5.74, 6) is 1.07. The Hall–Kier alpha value is -1.26. The van der Waals surface area contributed by atoms with Crippen LogP contribution < -0.4 is 5.32 Å². The molecule has 1 saturated heterocycles.